The molecule has 0 amide bonds. The smallest absolute Gasteiger partial charge is 0.261 e. The molecule has 0 saturated heterocycles. The van der Waals surface area contributed by atoms with E-state index >= 15 is 0 Å². The van der Waals surface area contributed by atoms with Gasteiger partial charge in [-0.2, -0.15) is 0 Å². The lowest BCUT2D eigenvalue weighted by molar-refractivity contribution is 0.601. The Hall–Kier alpha value is -2.97. The molecule has 0 aliphatic carbocycles. The van der Waals surface area contributed by atoms with Gasteiger partial charge in [-0.15, -0.1) is 0 Å². The average Bonchev–Trinajstić information content (AvgIpc) is 3.04. The van der Waals surface area contributed by atoms with Crippen LogP contribution in [0.5, 0.6) is 0 Å². The van der Waals surface area contributed by atoms with Crippen LogP contribution in [-0.2, 0) is 17.1 Å². The predicted molar refractivity (Wildman–Crippen MR) is 124 cm³/mol. The van der Waals surface area contributed by atoms with Crippen LogP contribution in [0.4, 0.5) is 11.6 Å². The van der Waals surface area contributed by atoms with Crippen LogP contribution in [0.15, 0.2) is 81.1 Å². The van der Waals surface area contributed by atoms with Crippen molar-refractivity contribution in [1.82, 2.24) is 9.55 Å². The second kappa shape index (κ2) is 8.04. The van der Waals surface area contributed by atoms with Crippen molar-refractivity contribution in [2.45, 2.75) is 11.8 Å². The molecule has 4 rings (SSSR count). The first-order valence-corrected chi connectivity index (χ1v) is 11.5. The molecule has 0 aliphatic heterocycles. The number of halogens is 1. The minimum atomic E-state index is -3.72. The number of sulfonamides is 1. The molecule has 0 atom stereocenters. The number of para-hydroxylation sites is 2. The number of rotatable bonds is 5. The highest BCUT2D eigenvalue weighted by atomic mass is 79.9. The lowest BCUT2D eigenvalue weighted by atomic mass is 10.2. The standard InChI is InChI=1S/C22H19BrN4O2S/c1-15-7-10-18(11-8-15)30(28,29)26-19-12-9-17(23)13-16(19)14-24-22-25-20-5-3-4-6-21(20)27(22)2/h3-14,26H,1-2H3/b24-14+. The van der Waals surface area contributed by atoms with Crippen molar-refractivity contribution < 1.29 is 8.42 Å². The van der Waals surface area contributed by atoms with E-state index in [2.05, 4.69) is 30.6 Å². The van der Waals surface area contributed by atoms with Gasteiger partial charge in [0.05, 0.1) is 21.6 Å². The molecule has 0 radical (unpaired) electrons. The lowest BCUT2D eigenvalue weighted by Gasteiger charge is -2.11. The molecule has 1 aromatic heterocycles. The van der Waals surface area contributed by atoms with E-state index in [1.807, 2.05) is 42.8 Å². The maximum atomic E-state index is 12.8. The Morgan fingerprint density at radius 1 is 1.07 bits per heavy atom. The summed E-state index contributed by atoms with van der Waals surface area (Å²) in [6.07, 6.45) is 1.61. The molecule has 1 heterocycles. The third kappa shape index (κ3) is 4.15. The van der Waals surface area contributed by atoms with Crippen molar-refractivity contribution in [3.8, 4) is 0 Å². The number of aromatic nitrogens is 2. The fourth-order valence-electron chi connectivity index (χ4n) is 3.03. The van der Waals surface area contributed by atoms with E-state index in [0.29, 0.717) is 17.2 Å². The molecule has 0 fully saturated rings. The largest absolute Gasteiger partial charge is 0.311 e. The normalized spacial score (nSPS) is 12.0. The van der Waals surface area contributed by atoms with Crippen molar-refractivity contribution in [3.63, 3.8) is 0 Å². The van der Waals surface area contributed by atoms with Crippen molar-refractivity contribution in [3.05, 3.63) is 82.3 Å². The van der Waals surface area contributed by atoms with Crippen LogP contribution in [0.1, 0.15) is 11.1 Å². The molecular formula is C22H19BrN4O2S. The number of aryl methyl sites for hydroxylation is 2. The number of aliphatic imine (C=N–C) groups is 1. The van der Waals surface area contributed by atoms with Crippen LogP contribution >= 0.6 is 15.9 Å². The minimum Gasteiger partial charge on any atom is -0.311 e. The van der Waals surface area contributed by atoms with Crippen molar-refractivity contribution in [2.24, 2.45) is 12.0 Å². The number of anilines is 1. The van der Waals surface area contributed by atoms with Gasteiger partial charge in [0.25, 0.3) is 10.0 Å². The summed E-state index contributed by atoms with van der Waals surface area (Å²) in [6, 6.07) is 19.8. The minimum absolute atomic E-state index is 0.203. The highest BCUT2D eigenvalue weighted by Gasteiger charge is 2.16. The fraction of sp³-hybridized carbons (Fsp3) is 0.0909. The summed E-state index contributed by atoms with van der Waals surface area (Å²) in [5, 5.41) is 0. The second-order valence-corrected chi connectivity index (χ2v) is 9.47. The molecule has 152 valence electrons. The number of hydrogen-bond donors (Lipinski definition) is 1. The Balaban J connectivity index is 1.69. The number of fused-ring (bicyclic) bond motifs is 1. The Morgan fingerprint density at radius 2 is 1.80 bits per heavy atom. The molecule has 0 aliphatic rings. The molecule has 4 aromatic rings. The molecular weight excluding hydrogens is 464 g/mol. The quantitative estimate of drug-likeness (QED) is 0.397. The van der Waals surface area contributed by atoms with Gasteiger partial charge in [0.1, 0.15) is 0 Å². The van der Waals surface area contributed by atoms with Crippen LogP contribution in [0.25, 0.3) is 11.0 Å². The molecule has 6 nitrogen and oxygen atoms in total. The predicted octanol–water partition coefficient (Wildman–Crippen LogP) is 5.20. The van der Waals surface area contributed by atoms with Gasteiger partial charge in [0.15, 0.2) is 0 Å². The highest BCUT2D eigenvalue weighted by Crippen LogP contribution is 2.25. The average molecular weight is 483 g/mol. The topological polar surface area (TPSA) is 76.3 Å². The highest BCUT2D eigenvalue weighted by molar-refractivity contribution is 9.10. The lowest BCUT2D eigenvalue weighted by Crippen LogP contribution is -2.14. The van der Waals surface area contributed by atoms with Crippen molar-refractivity contribution >= 4 is 54.8 Å². The molecule has 8 heteroatoms. The monoisotopic (exact) mass is 482 g/mol. The van der Waals surface area contributed by atoms with E-state index in [1.165, 1.54) is 0 Å². The number of imidazole rings is 1. The van der Waals surface area contributed by atoms with Crippen LogP contribution < -0.4 is 4.72 Å². The summed E-state index contributed by atoms with van der Waals surface area (Å²) >= 11 is 3.44. The van der Waals surface area contributed by atoms with Crippen LogP contribution in [0.2, 0.25) is 0 Å². The van der Waals surface area contributed by atoms with E-state index in [4.69, 9.17) is 0 Å². The fourth-order valence-corrected chi connectivity index (χ4v) is 4.50. The first-order chi connectivity index (χ1) is 14.3. The number of nitrogens with one attached hydrogen (secondary N) is 1. The zero-order valence-corrected chi connectivity index (χ0v) is 18.8. The van der Waals surface area contributed by atoms with Gasteiger partial charge < -0.3 is 4.57 Å². The number of hydrogen-bond acceptors (Lipinski definition) is 4. The first-order valence-electron chi connectivity index (χ1n) is 9.18. The van der Waals surface area contributed by atoms with Crippen LogP contribution in [0.3, 0.4) is 0 Å². The zero-order chi connectivity index (χ0) is 21.3. The molecule has 30 heavy (non-hydrogen) atoms. The van der Waals surface area contributed by atoms with Gasteiger partial charge in [0, 0.05) is 23.3 Å². The van der Waals surface area contributed by atoms with E-state index < -0.39 is 10.0 Å². The Labute approximate surface area is 183 Å². The summed E-state index contributed by atoms with van der Waals surface area (Å²) in [5.41, 5.74) is 3.86. The third-order valence-electron chi connectivity index (χ3n) is 4.67. The van der Waals surface area contributed by atoms with Gasteiger partial charge in [-0.25, -0.2) is 18.4 Å². The van der Waals surface area contributed by atoms with Crippen LogP contribution in [-0.4, -0.2) is 24.2 Å². The second-order valence-electron chi connectivity index (χ2n) is 6.87. The maximum Gasteiger partial charge on any atom is 0.261 e. The Bertz CT molecular complexity index is 1360. The Kier molecular flexibility index (Phi) is 5.44. The van der Waals surface area contributed by atoms with E-state index in [-0.39, 0.29) is 4.90 Å². The van der Waals surface area contributed by atoms with Crippen LogP contribution in [0, 0.1) is 6.92 Å². The maximum absolute atomic E-state index is 12.8. The van der Waals surface area contributed by atoms with Crippen molar-refractivity contribution in [2.75, 3.05) is 4.72 Å². The third-order valence-corrected chi connectivity index (χ3v) is 6.55. The molecule has 0 bridgehead atoms. The van der Waals surface area contributed by atoms with Gasteiger partial charge in [0.2, 0.25) is 5.95 Å². The van der Waals surface area contributed by atoms with E-state index in [1.54, 1.807) is 48.7 Å². The van der Waals surface area contributed by atoms with Gasteiger partial charge >= 0.3 is 0 Å². The number of benzene rings is 3. The van der Waals surface area contributed by atoms with E-state index in [0.717, 1.165) is 21.1 Å². The first kappa shape index (κ1) is 20.3. The molecule has 0 unspecified atom stereocenters. The SMILES string of the molecule is Cc1ccc(S(=O)(=O)Nc2ccc(Br)cc2/C=N/c2nc3ccccc3n2C)cc1. The summed E-state index contributed by atoms with van der Waals surface area (Å²) in [5.74, 6) is 0.531. The van der Waals surface area contributed by atoms with Gasteiger partial charge in [-0.3, -0.25) is 4.72 Å². The molecule has 0 saturated carbocycles. The molecule has 3 aromatic carbocycles. The summed E-state index contributed by atoms with van der Waals surface area (Å²) < 4.78 is 31.0. The van der Waals surface area contributed by atoms with E-state index in [9.17, 15) is 8.42 Å². The molecule has 1 N–H and O–H groups in total. The number of nitrogens with zero attached hydrogens (tertiary/aromatic N) is 3. The van der Waals surface area contributed by atoms with Gasteiger partial charge in [-0.05, 0) is 49.4 Å². The zero-order valence-electron chi connectivity index (χ0n) is 16.4. The Morgan fingerprint density at radius 3 is 2.53 bits per heavy atom. The van der Waals surface area contributed by atoms with Gasteiger partial charge in [-0.1, -0.05) is 45.8 Å². The summed E-state index contributed by atoms with van der Waals surface area (Å²) in [6.45, 7) is 1.91. The van der Waals surface area contributed by atoms with Crippen molar-refractivity contribution in [1.29, 1.82) is 0 Å². The summed E-state index contributed by atoms with van der Waals surface area (Å²) in [4.78, 5) is 9.23. The molecule has 0 spiro atoms. The summed E-state index contributed by atoms with van der Waals surface area (Å²) in [7, 11) is -1.83.